The monoisotopic (exact) mass is 343 g/mol. The standard InChI is InChI=1S/C19H25N3O3/c1-13(22-10-9-20-14(22)2)15-4-6-17(7-5-15)21-19(23)18(24-3)16-8-11-25-12-16/h4-7,9-10,13,16,18H,8,11-12H2,1-3H3,(H,21,23)/t13-,16+,18+/m0/s1. The fourth-order valence-corrected chi connectivity index (χ4v) is 3.32. The molecule has 0 aliphatic carbocycles. The first-order valence-corrected chi connectivity index (χ1v) is 8.61. The van der Waals surface area contributed by atoms with Crippen LogP contribution in [0.3, 0.4) is 0 Å². The molecule has 0 unspecified atom stereocenters. The van der Waals surface area contributed by atoms with Gasteiger partial charge >= 0.3 is 0 Å². The Hall–Kier alpha value is -2.18. The molecule has 2 aromatic rings. The topological polar surface area (TPSA) is 65.4 Å². The summed E-state index contributed by atoms with van der Waals surface area (Å²) in [5.41, 5.74) is 1.93. The van der Waals surface area contributed by atoms with E-state index in [4.69, 9.17) is 9.47 Å². The Kier molecular flexibility index (Phi) is 5.50. The lowest BCUT2D eigenvalue weighted by atomic mass is 10.0. The maximum atomic E-state index is 12.5. The number of carbonyl (C=O) groups excluding carboxylic acids is 1. The van der Waals surface area contributed by atoms with E-state index >= 15 is 0 Å². The van der Waals surface area contributed by atoms with Crippen molar-refractivity contribution >= 4 is 11.6 Å². The van der Waals surface area contributed by atoms with E-state index in [0.29, 0.717) is 13.2 Å². The second-order valence-electron chi connectivity index (χ2n) is 6.45. The van der Waals surface area contributed by atoms with Crippen molar-refractivity contribution in [1.29, 1.82) is 0 Å². The average molecular weight is 343 g/mol. The number of imidazole rings is 1. The minimum atomic E-state index is -0.477. The molecule has 1 fully saturated rings. The van der Waals surface area contributed by atoms with Crippen molar-refractivity contribution in [1.82, 2.24) is 9.55 Å². The molecule has 3 rings (SSSR count). The van der Waals surface area contributed by atoms with Crippen LogP contribution in [0.4, 0.5) is 5.69 Å². The lowest BCUT2D eigenvalue weighted by Crippen LogP contribution is -2.36. The predicted octanol–water partition coefficient (Wildman–Crippen LogP) is 2.79. The van der Waals surface area contributed by atoms with E-state index in [2.05, 4.69) is 21.8 Å². The van der Waals surface area contributed by atoms with Crippen molar-refractivity contribution in [3.63, 3.8) is 0 Å². The minimum Gasteiger partial charge on any atom is -0.381 e. The molecule has 6 nitrogen and oxygen atoms in total. The van der Waals surface area contributed by atoms with Crippen LogP contribution in [-0.2, 0) is 14.3 Å². The highest BCUT2D eigenvalue weighted by molar-refractivity contribution is 5.94. The molecule has 1 aliphatic heterocycles. The van der Waals surface area contributed by atoms with Crippen LogP contribution in [0.25, 0.3) is 0 Å². The molecule has 0 bridgehead atoms. The zero-order chi connectivity index (χ0) is 17.8. The number of anilines is 1. The summed E-state index contributed by atoms with van der Waals surface area (Å²) in [5, 5.41) is 2.94. The van der Waals surface area contributed by atoms with Crippen LogP contribution < -0.4 is 5.32 Å². The Morgan fingerprint density at radius 2 is 2.16 bits per heavy atom. The number of amides is 1. The quantitative estimate of drug-likeness (QED) is 0.876. The summed E-state index contributed by atoms with van der Waals surface area (Å²) in [5.74, 6) is 0.976. The third-order valence-corrected chi connectivity index (χ3v) is 4.85. The molecule has 134 valence electrons. The highest BCUT2D eigenvalue weighted by atomic mass is 16.5. The molecule has 1 saturated heterocycles. The second-order valence-corrected chi connectivity index (χ2v) is 6.45. The second kappa shape index (κ2) is 7.80. The number of aryl methyl sites for hydroxylation is 1. The molecule has 1 N–H and O–H groups in total. The lowest BCUT2D eigenvalue weighted by molar-refractivity contribution is -0.128. The van der Waals surface area contributed by atoms with E-state index in [0.717, 1.165) is 23.5 Å². The molecular weight excluding hydrogens is 318 g/mol. The van der Waals surface area contributed by atoms with E-state index in [1.165, 1.54) is 0 Å². The van der Waals surface area contributed by atoms with Crippen LogP contribution in [0.1, 0.15) is 30.8 Å². The SMILES string of the molecule is CO[C@@H](C(=O)Nc1ccc([C@H](C)n2ccnc2C)cc1)[C@@H]1CCOC1. The predicted molar refractivity (Wildman–Crippen MR) is 95.6 cm³/mol. The molecule has 6 heteroatoms. The van der Waals surface area contributed by atoms with Gasteiger partial charge in [-0.05, 0) is 38.0 Å². The van der Waals surface area contributed by atoms with Gasteiger partial charge in [0.15, 0.2) is 0 Å². The molecule has 2 heterocycles. The Labute approximate surface area is 148 Å². The number of hydrogen-bond acceptors (Lipinski definition) is 4. The van der Waals surface area contributed by atoms with E-state index in [1.54, 1.807) is 13.3 Å². The molecule has 25 heavy (non-hydrogen) atoms. The number of ether oxygens (including phenoxy) is 2. The molecule has 0 spiro atoms. The maximum absolute atomic E-state index is 12.5. The molecule has 1 aliphatic rings. The number of nitrogens with zero attached hydrogens (tertiary/aromatic N) is 2. The summed E-state index contributed by atoms with van der Waals surface area (Å²) in [4.78, 5) is 16.7. The third-order valence-electron chi connectivity index (χ3n) is 4.85. The van der Waals surface area contributed by atoms with E-state index in [9.17, 15) is 4.79 Å². The van der Waals surface area contributed by atoms with Gasteiger partial charge in [0.05, 0.1) is 12.6 Å². The molecule has 1 amide bonds. The van der Waals surface area contributed by atoms with Crippen LogP contribution in [0.2, 0.25) is 0 Å². The number of carbonyl (C=O) groups is 1. The average Bonchev–Trinajstić information content (AvgIpc) is 3.27. The van der Waals surface area contributed by atoms with E-state index < -0.39 is 6.10 Å². The number of methoxy groups -OCH3 is 1. The first-order chi connectivity index (χ1) is 12.1. The first kappa shape index (κ1) is 17.6. The normalized spacial score (nSPS) is 19.6. The van der Waals surface area contributed by atoms with E-state index in [-0.39, 0.29) is 17.9 Å². The molecule has 0 saturated carbocycles. The summed E-state index contributed by atoms with van der Waals surface area (Å²) in [6.07, 6.45) is 4.16. The van der Waals surface area contributed by atoms with Crippen molar-refractivity contribution in [2.75, 3.05) is 25.6 Å². The molecule has 1 aromatic heterocycles. The summed E-state index contributed by atoms with van der Waals surface area (Å²) in [6.45, 7) is 5.39. The summed E-state index contributed by atoms with van der Waals surface area (Å²) < 4.78 is 12.9. The molecule has 1 aromatic carbocycles. The molecular formula is C19H25N3O3. The summed E-state index contributed by atoms with van der Waals surface area (Å²) >= 11 is 0. The third kappa shape index (κ3) is 3.91. The van der Waals surface area contributed by atoms with Gasteiger partial charge in [0.25, 0.3) is 5.91 Å². The van der Waals surface area contributed by atoms with Crippen molar-refractivity contribution in [2.24, 2.45) is 5.92 Å². The van der Waals surface area contributed by atoms with Gasteiger partial charge in [0.2, 0.25) is 0 Å². The number of rotatable bonds is 6. The van der Waals surface area contributed by atoms with Crippen LogP contribution in [0.5, 0.6) is 0 Å². The van der Waals surface area contributed by atoms with Gasteiger partial charge in [-0.2, -0.15) is 0 Å². The molecule has 3 atom stereocenters. The Morgan fingerprint density at radius 1 is 1.40 bits per heavy atom. The van der Waals surface area contributed by atoms with Crippen LogP contribution in [-0.4, -0.2) is 41.9 Å². The van der Waals surface area contributed by atoms with Gasteiger partial charge in [0.1, 0.15) is 11.9 Å². The zero-order valence-electron chi connectivity index (χ0n) is 14.9. The van der Waals surface area contributed by atoms with Crippen LogP contribution in [0, 0.1) is 12.8 Å². The van der Waals surface area contributed by atoms with Gasteiger partial charge in [-0.25, -0.2) is 4.98 Å². The maximum Gasteiger partial charge on any atom is 0.253 e. The van der Waals surface area contributed by atoms with Crippen LogP contribution >= 0.6 is 0 Å². The van der Waals surface area contributed by atoms with Crippen LogP contribution in [0.15, 0.2) is 36.7 Å². The highest BCUT2D eigenvalue weighted by Gasteiger charge is 2.31. The molecule has 0 radical (unpaired) electrons. The largest absolute Gasteiger partial charge is 0.381 e. The van der Waals surface area contributed by atoms with Gasteiger partial charge in [-0.1, -0.05) is 12.1 Å². The van der Waals surface area contributed by atoms with Gasteiger partial charge in [0, 0.05) is 37.7 Å². The summed E-state index contributed by atoms with van der Waals surface area (Å²) in [7, 11) is 1.57. The van der Waals surface area contributed by atoms with Crippen molar-refractivity contribution in [3.8, 4) is 0 Å². The van der Waals surface area contributed by atoms with Crippen molar-refractivity contribution < 1.29 is 14.3 Å². The number of benzene rings is 1. The van der Waals surface area contributed by atoms with Crippen molar-refractivity contribution in [3.05, 3.63) is 48.0 Å². The van der Waals surface area contributed by atoms with Gasteiger partial charge in [-0.3, -0.25) is 4.79 Å². The highest BCUT2D eigenvalue weighted by Crippen LogP contribution is 2.23. The lowest BCUT2D eigenvalue weighted by Gasteiger charge is -2.20. The van der Waals surface area contributed by atoms with Crippen molar-refractivity contribution in [2.45, 2.75) is 32.4 Å². The van der Waals surface area contributed by atoms with E-state index in [1.807, 2.05) is 37.4 Å². The Morgan fingerprint density at radius 3 is 2.72 bits per heavy atom. The Balaban J connectivity index is 1.66. The van der Waals surface area contributed by atoms with Gasteiger partial charge in [-0.15, -0.1) is 0 Å². The zero-order valence-corrected chi connectivity index (χ0v) is 14.9. The summed E-state index contributed by atoms with van der Waals surface area (Å²) in [6, 6.07) is 8.09. The fraction of sp³-hybridized carbons (Fsp3) is 0.474. The number of nitrogens with one attached hydrogen (secondary N) is 1. The minimum absolute atomic E-state index is 0.119. The Bertz CT molecular complexity index is 705. The first-order valence-electron chi connectivity index (χ1n) is 8.61. The fourth-order valence-electron chi connectivity index (χ4n) is 3.32. The van der Waals surface area contributed by atoms with Gasteiger partial charge < -0.3 is 19.4 Å². The number of hydrogen-bond donors (Lipinski definition) is 1. The smallest absolute Gasteiger partial charge is 0.253 e. The number of aromatic nitrogens is 2.